The quantitative estimate of drug-likeness (QED) is 0.862. The SMILES string of the molecule is CC1CCCC(C(=O)N(C)CC2CC3CCC2C3)C1N. The number of rotatable bonds is 3. The van der Waals surface area contributed by atoms with Crippen molar-refractivity contribution in [1.29, 1.82) is 0 Å². The summed E-state index contributed by atoms with van der Waals surface area (Å²) in [7, 11) is 2.00. The average molecular weight is 278 g/mol. The van der Waals surface area contributed by atoms with Gasteiger partial charge in [0.2, 0.25) is 5.91 Å². The fourth-order valence-electron chi connectivity index (χ4n) is 5.05. The molecule has 0 heterocycles. The Hall–Kier alpha value is -0.570. The van der Waals surface area contributed by atoms with Crippen LogP contribution in [0.4, 0.5) is 0 Å². The van der Waals surface area contributed by atoms with Crippen LogP contribution in [0.5, 0.6) is 0 Å². The monoisotopic (exact) mass is 278 g/mol. The van der Waals surface area contributed by atoms with E-state index < -0.39 is 0 Å². The smallest absolute Gasteiger partial charge is 0.227 e. The van der Waals surface area contributed by atoms with Crippen LogP contribution in [0.15, 0.2) is 0 Å². The fraction of sp³-hybridized carbons (Fsp3) is 0.941. The molecule has 6 atom stereocenters. The van der Waals surface area contributed by atoms with Crippen molar-refractivity contribution in [2.24, 2.45) is 35.3 Å². The lowest BCUT2D eigenvalue weighted by atomic mass is 9.77. The minimum Gasteiger partial charge on any atom is -0.345 e. The van der Waals surface area contributed by atoms with Gasteiger partial charge in [-0.3, -0.25) is 4.79 Å². The summed E-state index contributed by atoms with van der Waals surface area (Å²) in [6.07, 6.45) is 8.95. The van der Waals surface area contributed by atoms with Crippen molar-refractivity contribution in [2.75, 3.05) is 13.6 Å². The third kappa shape index (κ3) is 2.61. The maximum absolute atomic E-state index is 12.7. The molecule has 3 aliphatic rings. The van der Waals surface area contributed by atoms with Gasteiger partial charge in [0.25, 0.3) is 0 Å². The number of fused-ring (bicyclic) bond motifs is 2. The van der Waals surface area contributed by atoms with E-state index in [-0.39, 0.29) is 12.0 Å². The minimum atomic E-state index is 0.0683. The molecule has 3 fully saturated rings. The molecular weight excluding hydrogens is 248 g/mol. The molecular formula is C17H30N2O. The molecule has 0 saturated heterocycles. The van der Waals surface area contributed by atoms with E-state index in [1.165, 1.54) is 32.1 Å². The molecule has 3 rings (SSSR count). The zero-order chi connectivity index (χ0) is 14.3. The predicted octanol–water partition coefficient (Wildman–Crippen LogP) is 2.64. The van der Waals surface area contributed by atoms with Gasteiger partial charge < -0.3 is 10.6 Å². The Kier molecular flexibility index (Phi) is 4.07. The molecule has 2 N–H and O–H groups in total. The van der Waals surface area contributed by atoms with Gasteiger partial charge in [-0.05, 0) is 55.8 Å². The zero-order valence-electron chi connectivity index (χ0n) is 13.1. The summed E-state index contributed by atoms with van der Waals surface area (Å²) in [5, 5.41) is 0. The van der Waals surface area contributed by atoms with Gasteiger partial charge in [-0.1, -0.05) is 19.8 Å². The highest BCUT2D eigenvalue weighted by molar-refractivity contribution is 5.79. The van der Waals surface area contributed by atoms with E-state index in [1.54, 1.807) is 0 Å². The summed E-state index contributed by atoms with van der Waals surface area (Å²) in [5.74, 6) is 3.50. The van der Waals surface area contributed by atoms with Gasteiger partial charge in [0.1, 0.15) is 0 Å². The number of nitrogens with two attached hydrogens (primary N) is 1. The van der Waals surface area contributed by atoms with Crippen molar-refractivity contribution in [3.05, 3.63) is 0 Å². The van der Waals surface area contributed by atoms with Crippen LogP contribution in [-0.4, -0.2) is 30.4 Å². The molecule has 0 spiro atoms. The summed E-state index contributed by atoms with van der Waals surface area (Å²) in [6.45, 7) is 3.16. The summed E-state index contributed by atoms with van der Waals surface area (Å²) in [4.78, 5) is 14.7. The maximum Gasteiger partial charge on any atom is 0.227 e. The average Bonchev–Trinajstić information content (AvgIpc) is 3.03. The lowest BCUT2D eigenvalue weighted by Gasteiger charge is -2.36. The molecule has 0 radical (unpaired) electrons. The number of hydrogen-bond donors (Lipinski definition) is 1. The Morgan fingerprint density at radius 2 is 2.00 bits per heavy atom. The van der Waals surface area contributed by atoms with Gasteiger partial charge in [-0.2, -0.15) is 0 Å². The van der Waals surface area contributed by atoms with Crippen LogP contribution < -0.4 is 5.73 Å². The second-order valence-corrected chi connectivity index (χ2v) is 7.75. The third-order valence-corrected chi connectivity index (χ3v) is 6.38. The molecule has 2 bridgehead atoms. The second-order valence-electron chi connectivity index (χ2n) is 7.75. The van der Waals surface area contributed by atoms with Gasteiger partial charge >= 0.3 is 0 Å². The Bertz CT molecular complexity index is 370. The first-order chi connectivity index (χ1) is 9.56. The molecule has 0 aliphatic heterocycles. The standard InChI is InChI=1S/C17H30N2O/c1-11-4-3-5-15(16(11)18)17(20)19(2)10-14-9-12-6-7-13(14)8-12/h11-16H,3-10,18H2,1-2H3. The Morgan fingerprint density at radius 1 is 1.20 bits per heavy atom. The molecule has 3 heteroatoms. The van der Waals surface area contributed by atoms with Crippen LogP contribution in [0.3, 0.4) is 0 Å². The lowest BCUT2D eigenvalue weighted by Crippen LogP contribution is -2.48. The molecule has 0 aromatic rings. The molecule has 3 aliphatic carbocycles. The van der Waals surface area contributed by atoms with Crippen molar-refractivity contribution in [1.82, 2.24) is 4.90 Å². The lowest BCUT2D eigenvalue weighted by molar-refractivity contribution is -0.137. The first-order valence-corrected chi connectivity index (χ1v) is 8.56. The van der Waals surface area contributed by atoms with Gasteiger partial charge in [0.15, 0.2) is 0 Å². The highest BCUT2D eigenvalue weighted by atomic mass is 16.2. The number of amides is 1. The van der Waals surface area contributed by atoms with E-state index in [1.807, 2.05) is 11.9 Å². The van der Waals surface area contributed by atoms with Crippen LogP contribution in [0.1, 0.15) is 51.9 Å². The minimum absolute atomic E-state index is 0.0683. The van der Waals surface area contributed by atoms with E-state index in [9.17, 15) is 4.79 Å². The summed E-state index contributed by atoms with van der Waals surface area (Å²) < 4.78 is 0. The van der Waals surface area contributed by atoms with Gasteiger partial charge in [0.05, 0.1) is 5.92 Å². The third-order valence-electron chi connectivity index (χ3n) is 6.38. The van der Waals surface area contributed by atoms with E-state index in [0.29, 0.717) is 11.8 Å². The fourth-order valence-corrected chi connectivity index (χ4v) is 5.05. The first kappa shape index (κ1) is 14.4. The van der Waals surface area contributed by atoms with E-state index in [4.69, 9.17) is 5.73 Å². The van der Waals surface area contributed by atoms with Gasteiger partial charge in [-0.15, -0.1) is 0 Å². The molecule has 3 saturated carbocycles. The molecule has 3 nitrogen and oxygen atoms in total. The topological polar surface area (TPSA) is 46.3 Å². The maximum atomic E-state index is 12.7. The molecule has 1 amide bonds. The van der Waals surface area contributed by atoms with E-state index in [0.717, 1.165) is 37.1 Å². The number of hydrogen-bond acceptors (Lipinski definition) is 2. The van der Waals surface area contributed by atoms with Crippen LogP contribution in [0, 0.1) is 29.6 Å². The van der Waals surface area contributed by atoms with Gasteiger partial charge in [-0.25, -0.2) is 0 Å². The zero-order valence-corrected chi connectivity index (χ0v) is 13.1. The molecule has 114 valence electrons. The summed E-state index contributed by atoms with van der Waals surface area (Å²) in [6, 6.07) is 0.0683. The van der Waals surface area contributed by atoms with Crippen molar-refractivity contribution in [3.8, 4) is 0 Å². The van der Waals surface area contributed by atoms with Crippen molar-refractivity contribution in [2.45, 2.75) is 57.9 Å². The Labute approximate surface area is 123 Å². The van der Waals surface area contributed by atoms with Crippen LogP contribution >= 0.6 is 0 Å². The highest BCUT2D eigenvalue weighted by Crippen LogP contribution is 2.48. The summed E-state index contributed by atoms with van der Waals surface area (Å²) in [5.41, 5.74) is 6.28. The highest BCUT2D eigenvalue weighted by Gasteiger charge is 2.41. The summed E-state index contributed by atoms with van der Waals surface area (Å²) >= 11 is 0. The Morgan fingerprint density at radius 3 is 2.65 bits per heavy atom. The van der Waals surface area contributed by atoms with E-state index in [2.05, 4.69) is 6.92 Å². The Balaban J connectivity index is 1.56. The second kappa shape index (κ2) is 5.67. The number of nitrogens with zero attached hydrogens (tertiary/aromatic N) is 1. The van der Waals surface area contributed by atoms with Crippen molar-refractivity contribution < 1.29 is 4.79 Å². The van der Waals surface area contributed by atoms with E-state index >= 15 is 0 Å². The first-order valence-electron chi connectivity index (χ1n) is 8.56. The molecule has 0 aromatic heterocycles. The van der Waals surface area contributed by atoms with Crippen LogP contribution in [0.2, 0.25) is 0 Å². The van der Waals surface area contributed by atoms with Crippen LogP contribution in [-0.2, 0) is 4.79 Å². The van der Waals surface area contributed by atoms with Crippen LogP contribution in [0.25, 0.3) is 0 Å². The molecule has 0 aromatic carbocycles. The normalized spacial score (nSPS) is 43.8. The number of carbonyl (C=O) groups is 1. The molecule has 6 unspecified atom stereocenters. The largest absolute Gasteiger partial charge is 0.345 e. The van der Waals surface area contributed by atoms with Crippen molar-refractivity contribution in [3.63, 3.8) is 0 Å². The van der Waals surface area contributed by atoms with Crippen molar-refractivity contribution >= 4 is 5.91 Å². The predicted molar refractivity (Wildman–Crippen MR) is 81.1 cm³/mol. The molecule has 20 heavy (non-hydrogen) atoms. The number of carbonyl (C=O) groups excluding carboxylic acids is 1. The van der Waals surface area contributed by atoms with Gasteiger partial charge in [0, 0.05) is 19.6 Å².